The molecule has 1 atom stereocenters. The average Bonchev–Trinajstić information content (AvgIpc) is 2.18. The summed E-state index contributed by atoms with van der Waals surface area (Å²) >= 11 is 0. The first-order valence-corrected chi connectivity index (χ1v) is 4.35. The average molecular weight is 191 g/mol. The predicted molar refractivity (Wildman–Crippen MR) is 53.5 cm³/mol. The Morgan fingerprint density at radius 2 is 2.21 bits per heavy atom. The van der Waals surface area contributed by atoms with Gasteiger partial charge in [0.1, 0.15) is 0 Å². The summed E-state index contributed by atoms with van der Waals surface area (Å²) in [5.41, 5.74) is 1.60. The molecule has 1 amide bonds. The Hall–Kier alpha value is -1.71. The lowest BCUT2D eigenvalue weighted by molar-refractivity contribution is -0.117. The molecule has 0 aliphatic heterocycles. The van der Waals surface area contributed by atoms with Crippen LogP contribution >= 0.6 is 0 Å². The number of carbonyl (C=O) groups excluding carboxylic acids is 1. The van der Waals surface area contributed by atoms with Crippen molar-refractivity contribution >= 4 is 5.91 Å². The van der Waals surface area contributed by atoms with Crippen LogP contribution in [0.2, 0.25) is 0 Å². The van der Waals surface area contributed by atoms with Gasteiger partial charge in [0.05, 0.1) is 17.4 Å². The highest BCUT2D eigenvalue weighted by molar-refractivity contribution is 5.87. The molecule has 0 aromatic carbocycles. The number of amides is 1. The van der Waals surface area contributed by atoms with Gasteiger partial charge in [0, 0.05) is 12.4 Å². The lowest BCUT2D eigenvalue weighted by atomic mass is 10.2. The molecule has 0 saturated heterocycles. The first kappa shape index (κ1) is 10.4. The summed E-state index contributed by atoms with van der Waals surface area (Å²) in [4.78, 5) is 19.3. The molecule has 0 spiro atoms. The fourth-order valence-electron chi connectivity index (χ4n) is 1.18. The quantitative estimate of drug-likeness (QED) is 0.729. The Morgan fingerprint density at radius 3 is 2.79 bits per heavy atom. The zero-order valence-corrected chi connectivity index (χ0v) is 8.32. The van der Waals surface area contributed by atoms with Gasteiger partial charge in [-0.05, 0) is 19.9 Å². The third kappa shape index (κ3) is 2.39. The summed E-state index contributed by atoms with van der Waals surface area (Å²) in [5, 5.41) is 2.73. The number of aromatic nitrogens is 2. The van der Waals surface area contributed by atoms with Gasteiger partial charge in [-0.3, -0.25) is 14.8 Å². The van der Waals surface area contributed by atoms with Crippen LogP contribution in [0.1, 0.15) is 24.4 Å². The first-order chi connectivity index (χ1) is 6.65. The van der Waals surface area contributed by atoms with Crippen molar-refractivity contribution in [1.82, 2.24) is 15.3 Å². The predicted octanol–water partition coefficient (Wildman–Crippen LogP) is 1.15. The van der Waals surface area contributed by atoms with E-state index >= 15 is 0 Å². The highest BCUT2D eigenvalue weighted by Crippen LogP contribution is 2.10. The van der Waals surface area contributed by atoms with E-state index in [2.05, 4.69) is 21.9 Å². The zero-order chi connectivity index (χ0) is 10.6. The summed E-state index contributed by atoms with van der Waals surface area (Å²) in [6.45, 7) is 7.10. The topological polar surface area (TPSA) is 54.9 Å². The lowest BCUT2D eigenvalue weighted by Gasteiger charge is -2.12. The number of hydrogen-bond donors (Lipinski definition) is 1. The van der Waals surface area contributed by atoms with E-state index in [1.807, 2.05) is 13.8 Å². The number of carbonyl (C=O) groups is 1. The fourth-order valence-corrected chi connectivity index (χ4v) is 1.18. The second-order valence-electron chi connectivity index (χ2n) is 2.96. The van der Waals surface area contributed by atoms with Crippen molar-refractivity contribution in [2.75, 3.05) is 0 Å². The number of nitrogens with one attached hydrogen (secondary N) is 1. The van der Waals surface area contributed by atoms with E-state index in [4.69, 9.17) is 0 Å². The summed E-state index contributed by atoms with van der Waals surface area (Å²) in [5.74, 6) is -0.206. The largest absolute Gasteiger partial charge is 0.344 e. The summed E-state index contributed by atoms with van der Waals surface area (Å²) in [6, 6.07) is -0.144. The van der Waals surface area contributed by atoms with Crippen molar-refractivity contribution < 1.29 is 4.79 Å². The molecule has 74 valence electrons. The summed E-state index contributed by atoms with van der Waals surface area (Å²) < 4.78 is 0. The maximum absolute atomic E-state index is 11.0. The van der Waals surface area contributed by atoms with Crippen molar-refractivity contribution in [1.29, 1.82) is 0 Å². The molecule has 0 radical (unpaired) electrons. The highest BCUT2D eigenvalue weighted by atomic mass is 16.1. The van der Waals surface area contributed by atoms with E-state index in [0.29, 0.717) is 0 Å². The molecule has 1 N–H and O–H groups in total. The molecule has 1 aromatic heterocycles. The normalized spacial score (nSPS) is 11.9. The van der Waals surface area contributed by atoms with E-state index in [1.54, 1.807) is 12.4 Å². The molecular formula is C10H13N3O. The Kier molecular flexibility index (Phi) is 3.34. The van der Waals surface area contributed by atoms with Crippen LogP contribution < -0.4 is 5.32 Å². The van der Waals surface area contributed by atoms with Crippen LogP contribution in [-0.2, 0) is 4.79 Å². The second-order valence-corrected chi connectivity index (χ2v) is 2.96. The second kappa shape index (κ2) is 4.50. The minimum Gasteiger partial charge on any atom is -0.344 e. The Morgan fingerprint density at radius 1 is 1.57 bits per heavy atom. The van der Waals surface area contributed by atoms with Crippen molar-refractivity contribution in [3.63, 3.8) is 0 Å². The van der Waals surface area contributed by atoms with E-state index in [1.165, 1.54) is 6.08 Å². The van der Waals surface area contributed by atoms with Gasteiger partial charge in [0.15, 0.2) is 0 Å². The molecule has 0 aliphatic rings. The van der Waals surface area contributed by atoms with Crippen molar-refractivity contribution in [2.24, 2.45) is 0 Å². The molecule has 0 aliphatic carbocycles. The monoisotopic (exact) mass is 191 g/mol. The maximum Gasteiger partial charge on any atom is 0.243 e. The van der Waals surface area contributed by atoms with Crippen LogP contribution in [0.4, 0.5) is 0 Å². The van der Waals surface area contributed by atoms with Gasteiger partial charge in [-0.25, -0.2) is 0 Å². The van der Waals surface area contributed by atoms with Crippen molar-refractivity contribution in [3.8, 4) is 0 Å². The Bertz CT molecular complexity index is 349. The van der Waals surface area contributed by atoms with Gasteiger partial charge >= 0.3 is 0 Å². The van der Waals surface area contributed by atoms with Crippen LogP contribution in [0.5, 0.6) is 0 Å². The summed E-state index contributed by atoms with van der Waals surface area (Å²) in [6.07, 6.45) is 4.47. The van der Waals surface area contributed by atoms with Crippen LogP contribution in [0.15, 0.2) is 25.0 Å². The van der Waals surface area contributed by atoms with Gasteiger partial charge in [-0.1, -0.05) is 6.58 Å². The third-order valence-corrected chi connectivity index (χ3v) is 1.87. The molecule has 1 rings (SSSR count). The van der Waals surface area contributed by atoms with Gasteiger partial charge < -0.3 is 5.32 Å². The molecule has 1 heterocycles. The highest BCUT2D eigenvalue weighted by Gasteiger charge is 2.11. The third-order valence-electron chi connectivity index (χ3n) is 1.87. The minimum atomic E-state index is -0.206. The lowest BCUT2D eigenvalue weighted by Crippen LogP contribution is -2.25. The van der Waals surface area contributed by atoms with Crippen LogP contribution in [0.3, 0.4) is 0 Å². The number of rotatable bonds is 3. The number of hydrogen-bond acceptors (Lipinski definition) is 3. The smallest absolute Gasteiger partial charge is 0.243 e. The molecule has 1 unspecified atom stereocenters. The van der Waals surface area contributed by atoms with E-state index in [9.17, 15) is 4.79 Å². The summed E-state index contributed by atoms with van der Waals surface area (Å²) in [7, 11) is 0. The molecule has 4 nitrogen and oxygen atoms in total. The van der Waals surface area contributed by atoms with Crippen LogP contribution in [0, 0.1) is 6.92 Å². The molecule has 4 heteroatoms. The van der Waals surface area contributed by atoms with Crippen LogP contribution in [-0.4, -0.2) is 15.9 Å². The first-order valence-electron chi connectivity index (χ1n) is 4.35. The standard InChI is InChI=1S/C10H13N3O/c1-4-9(14)13-8(3)10-7(2)11-5-6-12-10/h4-6,8H,1H2,2-3H3,(H,13,14). The maximum atomic E-state index is 11.0. The molecule has 0 fully saturated rings. The molecule has 0 bridgehead atoms. The SMILES string of the molecule is C=CC(=O)NC(C)c1nccnc1C. The Balaban J connectivity index is 2.79. The minimum absolute atomic E-state index is 0.144. The molecular weight excluding hydrogens is 178 g/mol. The zero-order valence-electron chi connectivity index (χ0n) is 8.32. The van der Waals surface area contributed by atoms with Gasteiger partial charge in [-0.15, -0.1) is 0 Å². The number of aryl methyl sites for hydroxylation is 1. The van der Waals surface area contributed by atoms with Gasteiger partial charge in [0.25, 0.3) is 0 Å². The van der Waals surface area contributed by atoms with Gasteiger partial charge in [-0.2, -0.15) is 0 Å². The van der Waals surface area contributed by atoms with Crippen LogP contribution in [0.25, 0.3) is 0 Å². The van der Waals surface area contributed by atoms with E-state index in [0.717, 1.165) is 11.4 Å². The fraction of sp³-hybridized carbons (Fsp3) is 0.300. The van der Waals surface area contributed by atoms with Crippen molar-refractivity contribution in [2.45, 2.75) is 19.9 Å². The molecule has 14 heavy (non-hydrogen) atoms. The number of nitrogens with zero attached hydrogens (tertiary/aromatic N) is 2. The molecule has 1 aromatic rings. The van der Waals surface area contributed by atoms with E-state index in [-0.39, 0.29) is 11.9 Å². The Labute approximate surface area is 83.1 Å². The van der Waals surface area contributed by atoms with Crippen molar-refractivity contribution in [3.05, 3.63) is 36.4 Å². The van der Waals surface area contributed by atoms with Gasteiger partial charge in [0.2, 0.25) is 5.91 Å². The molecule has 0 saturated carbocycles. The van der Waals surface area contributed by atoms with E-state index < -0.39 is 0 Å².